The third kappa shape index (κ3) is 3.80. The van der Waals surface area contributed by atoms with Crippen molar-refractivity contribution < 1.29 is 4.79 Å². The lowest BCUT2D eigenvalue weighted by Gasteiger charge is -2.38. The number of amides is 1. The second kappa shape index (κ2) is 8.76. The molecular formula is C22H29ClN2OS. The maximum atomic E-state index is 13.8. The van der Waals surface area contributed by atoms with Crippen molar-refractivity contribution in [1.29, 1.82) is 0 Å². The monoisotopic (exact) mass is 404 g/mol. The number of hydrogen-bond acceptors (Lipinski definition) is 3. The lowest BCUT2D eigenvalue weighted by molar-refractivity contribution is -0.137. The predicted molar refractivity (Wildman–Crippen MR) is 115 cm³/mol. The summed E-state index contributed by atoms with van der Waals surface area (Å²) in [6, 6.07) is 14.8. The first-order valence-corrected chi connectivity index (χ1v) is 10.7. The van der Waals surface area contributed by atoms with Crippen LogP contribution in [-0.4, -0.2) is 30.4 Å². The molecule has 0 unspecified atom stereocenters. The lowest BCUT2D eigenvalue weighted by Crippen LogP contribution is -2.47. The first-order chi connectivity index (χ1) is 12.7. The topological polar surface area (TPSA) is 46.3 Å². The van der Waals surface area contributed by atoms with Gasteiger partial charge >= 0.3 is 0 Å². The number of nitrogens with two attached hydrogens (primary N) is 1. The summed E-state index contributed by atoms with van der Waals surface area (Å²) >= 11 is 1.75. The number of likely N-dealkylation sites (tertiary alicyclic amines) is 1. The molecule has 2 N–H and O–H groups in total. The first-order valence-electron chi connectivity index (χ1n) is 9.83. The number of carbonyl (C=O) groups is 1. The van der Waals surface area contributed by atoms with Crippen LogP contribution in [-0.2, 0) is 10.2 Å². The molecule has 1 aromatic heterocycles. The van der Waals surface area contributed by atoms with Gasteiger partial charge in [-0.25, -0.2) is 0 Å². The quantitative estimate of drug-likeness (QED) is 0.811. The number of carbonyl (C=O) groups excluding carboxylic acids is 1. The van der Waals surface area contributed by atoms with E-state index in [1.54, 1.807) is 11.3 Å². The van der Waals surface area contributed by atoms with Gasteiger partial charge in [-0.1, -0.05) is 55.7 Å². The molecule has 2 aliphatic rings. The van der Waals surface area contributed by atoms with Crippen molar-refractivity contribution in [2.75, 3.05) is 19.6 Å². The summed E-state index contributed by atoms with van der Waals surface area (Å²) in [6.07, 6.45) is 5.54. The predicted octanol–water partition coefficient (Wildman–Crippen LogP) is 4.57. The van der Waals surface area contributed by atoms with Gasteiger partial charge < -0.3 is 10.6 Å². The second-order valence-electron chi connectivity index (χ2n) is 7.84. The summed E-state index contributed by atoms with van der Waals surface area (Å²) in [7, 11) is 0. The molecule has 0 spiro atoms. The van der Waals surface area contributed by atoms with Gasteiger partial charge in [-0.05, 0) is 42.3 Å². The van der Waals surface area contributed by atoms with Gasteiger partial charge in [0.1, 0.15) is 0 Å². The van der Waals surface area contributed by atoms with E-state index in [1.165, 1.54) is 16.9 Å². The average Bonchev–Trinajstić information content (AvgIpc) is 3.39. The first kappa shape index (κ1) is 20.4. The molecule has 1 aromatic carbocycles. The largest absolute Gasteiger partial charge is 0.341 e. The molecule has 0 bridgehead atoms. The minimum absolute atomic E-state index is 0. The zero-order valence-electron chi connectivity index (χ0n) is 15.7. The molecule has 2 fully saturated rings. The smallest absolute Gasteiger partial charge is 0.234 e. The summed E-state index contributed by atoms with van der Waals surface area (Å²) < 4.78 is 0. The summed E-state index contributed by atoms with van der Waals surface area (Å²) in [5.74, 6) is 1.05. The summed E-state index contributed by atoms with van der Waals surface area (Å²) in [6.45, 7) is 2.23. The molecule has 1 aliphatic carbocycles. The van der Waals surface area contributed by atoms with Crippen LogP contribution in [0.15, 0.2) is 47.8 Å². The molecule has 27 heavy (non-hydrogen) atoms. The fraction of sp³-hybridized carbons (Fsp3) is 0.500. The molecule has 0 radical (unpaired) electrons. The van der Waals surface area contributed by atoms with Crippen LogP contribution in [0.2, 0.25) is 0 Å². The molecule has 146 valence electrons. The summed E-state index contributed by atoms with van der Waals surface area (Å²) in [4.78, 5) is 17.1. The average molecular weight is 405 g/mol. The van der Waals surface area contributed by atoms with Crippen LogP contribution < -0.4 is 5.73 Å². The van der Waals surface area contributed by atoms with E-state index in [0.29, 0.717) is 24.3 Å². The lowest BCUT2D eigenvalue weighted by atomic mass is 9.72. The highest BCUT2D eigenvalue weighted by Gasteiger charge is 2.47. The molecule has 3 nitrogen and oxygen atoms in total. The third-order valence-corrected chi connectivity index (χ3v) is 7.44. The van der Waals surface area contributed by atoms with Crippen molar-refractivity contribution >= 4 is 29.7 Å². The Morgan fingerprint density at radius 3 is 2.44 bits per heavy atom. The van der Waals surface area contributed by atoms with Crippen LogP contribution in [0.4, 0.5) is 0 Å². The van der Waals surface area contributed by atoms with Gasteiger partial charge in [-0.3, -0.25) is 4.79 Å². The summed E-state index contributed by atoms with van der Waals surface area (Å²) in [5, 5.41) is 2.11. The van der Waals surface area contributed by atoms with Crippen LogP contribution >= 0.6 is 23.7 Å². The Hall–Kier alpha value is -1.36. The maximum Gasteiger partial charge on any atom is 0.234 e. The Kier molecular flexibility index (Phi) is 6.61. The molecule has 2 heterocycles. The minimum Gasteiger partial charge on any atom is -0.341 e. The normalized spacial score (nSPS) is 24.4. The Morgan fingerprint density at radius 1 is 1.07 bits per heavy atom. The molecule has 5 heteroatoms. The number of benzene rings is 1. The van der Waals surface area contributed by atoms with Crippen molar-refractivity contribution in [3.8, 4) is 0 Å². The molecule has 4 rings (SSSR count). The van der Waals surface area contributed by atoms with Gasteiger partial charge in [0.05, 0.1) is 5.41 Å². The van der Waals surface area contributed by atoms with E-state index in [0.717, 1.165) is 38.8 Å². The van der Waals surface area contributed by atoms with E-state index >= 15 is 0 Å². The van der Waals surface area contributed by atoms with Crippen LogP contribution in [0, 0.1) is 5.92 Å². The minimum atomic E-state index is -0.295. The summed E-state index contributed by atoms with van der Waals surface area (Å²) in [5.41, 5.74) is 7.11. The Balaban J connectivity index is 0.00000210. The number of rotatable bonds is 4. The van der Waals surface area contributed by atoms with Gasteiger partial charge in [-0.15, -0.1) is 23.7 Å². The Bertz CT molecular complexity index is 728. The van der Waals surface area contributed by atoms with Crippen LogP contribution in [0.25, 0.3) is 0 Å². The molecule has 2 aromatic rings. The van der Waals surface area contributed by atoms with E-state index in [-0.39, 0.29) is 17.8 Å². The maximum absolute atomic E-state index is 13.8. The van der Waals surface area contributed by atoms with Gasteiger partial charge in [-0.2, -0.15) is 0 Å². The molecule has 2 atom stereocenters. The zero-order valence-corrected chi connectivity index (χ0v) is 17.3. The van der Waals surface area contributed by atoms with E-state index in [1.807, 2.05) is 6.07 Å². The number of halogens is 1. The van der Waals surface area contributed by atoms with E-state index < -0.39 is 0 Å². The van der Waals surface area contributed by atoms with Crippen LogP contribution in [0.1, 0.15) is 48.5 Å². The van der Waals surface area contributed by atoms with E-state index in [2.05, 4.69) is 46.7 Å². The molecule has 1 saturated heterocycles. The van der Waals surface area contributed by atoms with Crippen LogP contribution in [0.3, 0.4) is 0 Å². The number of thiophene rings is 1. The van der Waals surface area contributed by atoms with Crippen molar-refractivity contribution in [3.05, 3.63) is 58.3 Å². The third-order valence-electron chi connectivity index (χ3n) is 6.37. The van der Waals surface area contributed by atoms with Gasteiger partial charge in [0.15, 0.2) is 0 Å². The van der Waals surface area contributed by atoms with Crippen molar-refractivity contribution in [3.63, 3.8) is 0 Å². The molecular weight excluding hydrogens is 376 g/mol. The van der Waals surface area contributed by atoms with E-state index in [9.17, 15) is 4.79 Å². The van der Waals surface area contributed by atoms with Gasteiger partial charge in [0.25, 0.3) is 0 Å². The molecule has 1 aliphatic heterocycles. The molecule has 1 saturated carbocycles. The molecule has 1 amide bonds. The number of nitrogens with zero attached hydrogens (tertiary/aromatic N) is 1. The number of hydrogen-bond donors (Lipinski definition) is 1. The zero-order chi connectivity index (χ0) is 18.0. The van der Waals surface area contributed by atoms with Gasteiger partial charge in [0.2, 0.25) is 5.91 Å². The highest BCUT2D eigenvalue weighted by molar-refractivity contribution is 7.10. The highest BCUT2D eigenvalue weighted by Crippen LogP contribution is 2.44. The second-order valence-corrected chi connectivity index (χ2v) is 8.79. The van der Waals surface area contributed by atoms with Crippen LogP contribution in [0.5, 0.6) is 0 Å². The van der Waals surface area contributed by atoms with Gasteiger partial charge in [0, 0.05) is 23.9 Å². The van der Waals surface area contributed by atoms with Crippen molar-refractivity contribution in [2.45, 2.75) is 43.4 Å². The fourth-order valence-electron chi connectivity index (χ4n) is 4.93. The van der Waals surface area contributed by atoms with E-state index in [4.69, 9.17) is 5.73 Å². The SMILES string of the molecule is Cl.NC[C@@H]1CN(C(=O)C2(c3cccs3)CCCCC2)C[C@H]1c1ccccc1. The van der Waals surface area contributed by atoms with Crippen molar-refractivity contribution in [1.82, 2.24) is 4.90 Å². The Labute approximate surface area is 172 Å². The Morgan fingerprint density at radius 2 is 1.81 bits per heavy atom. The van der Waals surface area contributed by atoms with Crippen molar-refractivity contribution in [2.24, 2.45) is 11.7 Å². The standard InChI is InChI=1S/C22H28N2OS.ClH/c23-14-18-15-24(16-19(18)17-8-3-1-4-9-17)21(25)22(11-5-2-6-12-22)20-10-7-13-26-20;/h1,3-4,7-10,13,18-19H,2,5-6,11-12,14-16,23H2;1H/t18-,19+;/m1./s1. The fourth-order valence-corrected chi connectivity index (χ4v) is 5.91. The highest BCUT2D eigenvalue weighted by atomic mass is 35.5.